The van der Waals surface area contributed by atoms with Gasteiger partial charge in [0.2, 0.25) is 0 Å². The molecule has 0 spiro atoms. The third-order valence-electron chi connectivity index (χ3n) is 1.96. The van der Waals surface area contributed by atoms with Crippen molar-refractivity contribution in [3.63, 3.8) is 0 Å². The van der Waals surface area contributed by atoms with E-state index in [0.29, 0.717) is 15.9 Å². The average molecular weight is 224 g/mol. The first-order valence-electron chi connectivity index (χ1n) is 4.10. The first-order valence-corrected chi connectivity index (χ1v) is 4.48. The van der Waals surface area contributed by atoms with Crippen LogP contribution in [0.25, 0.3) is 10.9 Å². The number of pyridine rings is 1. The molecule has 76 valence electrons. The summed E-state index contributed by atoms with van der Waals surface area (Å²) < 4.78 is 0. The molecule has 1 aromatic carbocycles. The Bertz CT molecular complexity index is 554. The molecule has 0 amide bonds. The number of aromatic nitrogens is 1. The van der Waals surface area contributed by atoms with Gasteiger partial charge in [-0.05, 0) is 18.2 Å². The number of carboxylic acids is 1. The number of aromatic carboxylic acids is 1. The monoisotopic (exact) mass is 223 g/mol. The number of aromatic hydroxyl groups is 1. The topological polar surface area (TPSA) is 70.4 Å². The molecule has 0 radical (unpaired) electrons. The van der Waals surface area contributed by atoms with Gasteiger partial charge in [0.05, 0.1) is 5.52 Å². The molecule has 4 nitrogen and oxygen atoms in total. The largest absolute Gasteiger partial charge is 0.505 e. The van der Waals surface area contributed by atoms with Crippen molar-refractivity contribution in [2.24, 2.45) is 0 Å². The van der Waals surface area contributed by atoms with Crippen molar-refractivity contribution in [1.29, 1.82) is 0 Å². The lowest BCUT2D eigenvalue weighted by atomic mass is 10.2. The second kappa shape index (κ2) is 3.40. The molecule has 1 aromatic heterocycles. The van der Waals surface area contributed by atoms with E-state index >= 15 is 0 Å². The van der Waals surface area contributed by atoms with Crippen LogP contribution in [-0.4, -0.2) is 21.2 Å². The van der Waals surface area contributed by atoms with E-state index in [9.17, 15) is 9.90 Å². The van der Waals surface area contributed by atoms with Gasteiger partial charge in [0, 0.05) is 10.4 Å². The Morgan fingerprint density at radius 3 is 2.73 bits per heavy atom. The van der Waals surface area contributed by atoms with E-state index in [2.05, 4.69) is 4.98 Å². The van der Waals surface area contributed by atoms with Crippen molar-refractivity contribution < 1.29 is 15.0 Å². The third kappa shape index (κ3) is 1.71. The van der Waals surface area contributed by atoms with Crippen LogP contribution in [0.4, 0.5) is 0 Å². The van der Waals surface area contributed by atoms with Gasteiger partial charge < -0.3 is 10.2 Å². The molecule has 0 saturated heterocycles. The number of hydrogen-bond donors (Lipinski definition) is 2. The van der Waals surface area contributed by atoms with Gasteiger partial charge >= 0.3 is 5.97 Å². The molecule has 5 heteroatoms. The highest BCUT2D eigenvalue weighted by molar-refractivity contribution is 6.31. The summed E-state index contributed by atoms with van der Waals surface area (Å²) in [5.41, 5.74) is 0.0717. The lowest BCUT2D eigenvalue weighted by Crippen LogP contribution is -2.00. The minimum atomic E-state index is -1.27. The number of fused-ring (bicyclic) bond motifs is 1. The van der Waals surface area contributed by atoms with Gasteiger partial charge in [-0.2, -0.15) is 0 Å². The molecule has 1 heterocycles. The highest BCUT2D eigenvalue weighted by atomic mass is 35.5. The maximum Gasteiger partial charge on any atom is 0.358 e. The van der Waals surface area contributed by atoms with Gasteiger partial charge in [-0.3, -0.25) is 0 Å². The van der Waals surface area contributed by atoms with Gasteiger partial charge in [0.25, 0.3) is 0 Å². The lowest BCUT2D eigenvalue weighted by Gasteiger charge is -2.02. The molecule has 2 rings (SSSR count). The minimum absolute atomic E-state index is 0.350. The summed E-state index contributed by atoms with van der Waals surface area (Å²) >= 11 is 5.74. The van der Waals surface area contributed by atoms with Gasteiger partial charge in [0.1, 0.15) is 5.75 Å². The van der Waals surface area contributed by atoms with Crippen LogP contribution in [0, 0.1) is 0 Å². The van der Waals surface area contributed by atoms with Crippen molar-refractivity contribution >= 4 is 28.5 Å². The number of rotatable bonds is 1. The van der Waals surface area contributed by atoms with Crippen molar-refractivity contribution in [1.82, 2.24) is 4.98 Å². The molecule has 0 atom stereocenters. The fourth-order valence-corrected chi connectivity index (χ4v) is 1.45. The lowest BCUT2D eigenvalue weighted by molar-refractivity contribution is 0.0687. The summed E-state index contributed by atoms with van der Waals surface area (Å²) in [4.78, 5) is 14.5. The van der Waals surface area contributed by atoms with Crippen LogP contribution in [-0.2, 0) is 0 Å². The first-order chi connectivity index (χ1) is 7.08. The Morgan fingerprint density at radius 1 is 1.33 bits per heavy atom. The van der Waals surface area contributed by atoms with Crippen LogP contribution in [0.2, 0.25) is 5.02 Å². The Balaban J connectivity index is 2.77. The van der Waals surface area contributed by atoms with Crippen molar-refractivity contribution in [3.05, 3.63) is 35.0 Å². The van der Waals surface area contributed by atoms with Gasteiger partial charge in [-0.15, -0.1) is 0 Å². The Morgan fingerprint density at radius 2 is 2.07 bits per heavy atom. The third-order valence-corrected chi connectivity index (χ3v) is 2.20. The van der Waals surface area contributed by atoms with Crippen molar-refractivity contribution in [2.75, 3.05) is 0 Å². The van der Waals surface area contributed by atoms with Crippen LogP contribution in [0.3, 0.4) is 0 Å². The van der Waals surface area contributed by atoms with Crippen LogP contribution < -0.4 is 0 Å². The number of carboxylic acid groups (broad SMARTS) is 1. The molecule has 0 bridgehead atoms. The molecule has 0 aliphatic heterocycles. The Kier molecular flexibility index (Phi) is 2.21. The normalized spacial score (nSPS) is 10.5. The predicted molar refractivity (Wildman–Crippen MR) is 55.4 cm³/mol. The highest BCUT2D eigenvalue weighted by Gasteiger charge is 2.12. The van der Waals surface area contributed by atoms with E-state index in [1.807, 2.05) is 0 Å². The average Bonchev–Trinajstić information content (AvgIpc) is 2.17. The van der Waals surface area contributed by atoms with E-state index in [0.717, 1.165) is 0 Å². The quantitative estimate of drug-likeness (QED) is 0.778. The molecular formula is C10H6ClNO3. The maximum absolute atomic E-state index is 10.7. The Hall–Kier alpha value is -1.81. The predicted octanol–water partition coefficient (Wildman–Crippen LogP) is 2.29. The van der Waals surface area contributed by atoms with Crippen molar-refractivity contribution in [2.45, 2.75) is 0 Å². The SMILES string of the molecule is O=C(O)c1nc2cc(Cl)ccc2cc1O. The zero-order valence-electron chi connectivity index (χ0n) is 7.44. The molecule has 0 fully saturated rings. The summed E-state index contributed by atoms with van der Waals surface area (Å²) in [6.07, 6.45) is 0. The fourth-order valence-electron chi connectivity index (χ4n) is 1.29. The second-order valence-electron chi connectivity index (χ2n) is 3.00. The van der Waals surface area contributed by atoms with Crippen LogP contribution in [0.15, 0.2) is 24.3 Å². The summed E-state index contributed by atoms with van der Waals surface area (Å²) in [6, 6.07) is 6.20. The number of halogens is 1. The minimum Gasteiger partial charge on any atom is -0.505 e. The summed E-state index contributed by atoms with van der Waals surface area (Å²) in [5.74, 6) is -1.62. The van der Waals surface area contributed by atoms with E-state index in [1.165, 1.54) is 6.07 Å². The number of nitrogens with zero attached hydrogens (tertiary/aromatic N) is 1. The molecule has 0 unspecified atom stereocenters. The molecule has 0 aliphatic carbocycles. The van der Waals surface area contributed by atoms with Gasteiger partial charge in [-0.25, -0.2) is 9.78 Å². The Labute approximate surface area is 89.8 Å². The molecule has 2 aromatic rings. The van der Waals surface area contributed by atoms with E-state index in [4.69, 9.17) is 16.7 Å². The second-order valence-corrected chi connectivity index (χ2v) is 3.43. The number of hydrogen-bond acceptors (Lipinski definition) is 3. The van der Waals surface area contributed by atoms with E-state index in [1.54, 1.807) is 18.2 Å². The van der Waals surface area contributed by atoms with Crippen LogP contribution >= 0.6 is 11.6 Å². The molecular weight excluding hydrogens is 218 g/mol. The standard InChI is InChI=1S/C10H6ClNO3/c11-6-2-1-5-3-8(13)9(10(14)15)12-7(5)4-6/h1-4,13H,(H,14,15). The van der Waals surface area contributed by atoms with E-state index in [-0.39, 0.29) is 11.4 Å². The smallest absolute Gasteiger partial charge is 0.358 e. The molecule has 2 N–H and O–H groups in total. The molecule has 0 aliphatic rings. The molecule has 0 saturated carbocycles. The van der Waals surface area contributed by atoms with Gasteiger partial charge in [0.15, 0.2) is 5.69 Å². The van der Waals surface area contributed by atoms with Crippen LogP contribution in [0.1, 0.15) is 10.5 Å². The number of carbonyl (C=O) groups is 1. The van der Waals surface area contributed by atoms with Crippen LogP contribution in [0.5, 0.6) is 5.75 Å². The highest BCUT2D eigenvalue weighted by Crippen LogP contribution is 2.24. The zero-order chi connectivity index (χ0) is 11.0. The first kappa shape index (κ1) is 9.73. The zero-order valence-corrected chi connectivity index (χ0v) is 8.19. The maximum atomic E-state index is 10.7. The van der Waals surface area contributed by atoms with Crippen molar-refractivity contribution in [3.8, 4) is 5.75 Å². The summed E-state index contributed by atoms with van der Waals surface area (Å²) in [7, 11) is 0. The number of benzene rings is 1. The molecule has 15 heavy (non-hydrogen) atoms. The van der Waals surface area contributed by atoms with E-state index < -0.39 is 5.97 Å². The fraction of sp³-hybridized carbons (Fsp3) is 0. The summed E-state index contributed by atoms with van der Waals surface area (Å²) in [5, 5.41) is 19.2. The summed E-state index contributed by atoms with van der Waals surface area (Å²) in [6.45, 7) is 0. The van der Waals surface area contributed by atoms with Gasteiger partial charge in [-0.1, -0.05) is 17.7 Å².